The summed E-state index contributed by atoms with van der Waals surface area (Å²) in [4.78, 5) is 31.6. The first-order chi connectivity index (χ1) is 13.8. The molecule has 0 aromatic heterocycles. The highest BCUT2D eigenvalue weighted by Gasteiger charge is 2.80. The van der Waals surface area contributed by atoms with Crippen LogP contribution in [-0.2, 0) is 15.0 Å². The number of hydrogen-bond donors (Lipinski definition) is 0. The summed E-state index contributed by atoms with van der Waals surface area (Å²) in [5.74, 6) is -0.229. The fourth-order valence-corrected chi connectivity index (χ4v) is 5.64. The second-order valence-electron chi connectivity index (χ2n) is 8.92. The van der Waals surface area contributed by atoms with Crippen LogP contribution in [-0.4, -0.2) is 36.3 Å². The lowest BCUT2D eigenvalue weighted by molar-refractivity contribution is -0.182. The van der Waals surface area contributed by atoms with Gasteiger partial charge in [-0.15, -0.1) is 0 Å². The first kappa shape index (κ1) is 21.4. The number of benzene rings is 1. The molecule has 1 aliphatic heterocycles. The number of carbonyl (C=O) groups is 2. The van der Waals surface area contributed by atoms with Gasteiger partial charge in [-0.2, -0.15) is 5.26 Å². The van der Waals surface area contributed by atoms with Crippen molar-refractivity contribution in [3.05, 3.63) is 29.8 Å². The molecule has 5 heteroatoms. The largest absolute Gasteiger partial charge is 0.342 e. The Morgan fingerprint density at radius 2 is 1.76 bits per heavy atom. The van der Waals surface area contributed by atoms with Crippen LogP contribution >= 0.6 is 0 Å². The lowest BCUT2D eigenvalue weighted by atomic mass is 9.34. The Bertz CT molecular complexity index is 854. The van der Waals surface area contributed by atoms with E-state index >= 15 is 0 Å². The molecule has 0 bridgehead atoms. The molecule has 0 saturated heterocycles. The molecule has 3 rings (SSSR count). The maximum atomic E-state index is 14.0. The van der Waals surface area contributed by atoms with Gasteiger partial charge < -0.3 is 9.80 Å². The molecule has 2 amide bonds. The molecule has 1 saturated carbocycles. The molecule has 1 aromatic carbocycles. The van der Waals surface area contributed by atoms with Gasteiger partial charge in [0.1, 0.15) is 5.41 Å². The van der Waals surface area contributed by atoms with E-state index in [4.69, 9.17) is 0 Å². The van der Waals surface area contributed by atoms with E-state index in [1.54, 1.807) is 4.90 Å². The number of hydrogen-bond acceptors (Lipinski definition) is 3. The van der Waals surface area contributed by atoms with Crippen LogP contribution in [0.15, 0.2) is 24.3 Å². The van der Waals surface area contributed by atoms with Gasteiger partial charge in [0, 0.05) is 30.7 Å². The molecule has 0 spiro atoms. The minimum absolute atomic E-state index is 0.1000. The monoisotopic (exact) mass is 395 g/mol. The molecule has 1 heterocycles. The van der Waals surface area contributed by atoms with Crippen molar-refractivity contribution >= 4 is 17.5 Å². The number of anilines is 1. The summed E-state index contributed by atoms with van der Waals surface area (Å²) in [7, 11) is 0. The lowest BCUT2D eigenvalue weighted by Gasteiger charge is -2.68. The summed E-state index contributed by atoms with van der Waals surface area (Å²) in [6.45, 7) is 11.9. The normalized spacial score (nSPS) is 30.1. The Balaban J connectivity index is 2.26. The summed E-state index contributed by atoms with van der Waals surface area (Å²) in [5, 5.41) is 10.1. The van der Waals surface area contributed by atoms with E-state index in [1.165, 1.54) is 0 Å². The SMILES string of the molecule is CCCN(CCC)C(=O)[C@@]12C[C@@](C)(C#N)[C@]1(C)c1ccccc1N(CCC)C2=O. The minimum Gasteiger partial charge on any atom is -0.342 e. The van der Waals surface area contributed by atoms with Gasteiger partial charge in [-0.3, -0.25) is 9.59 Å². The van der Waals surface area contributed by atoms with Crippen molar-refractivity contribution in [1.29, 1.82) is 5.26 Å². The molecule has 1 fully saturated rings. The number of carbonyl (C=O) groups excluding carboxylic acids is 2. The van der Waals surface area contributed by atoms with Crippen LogP contribution in [0.2, 0.25) is 0 Å². The Morgan fingerprint density at radius 1 is 1.14 bits per heavy atom. The molecule has 3 atom stereocenters. The molecular formula is C24H33N3O2. The number of amides is 2. The molecule has 5 nitrogen and oxygen atoms in total. The number of para-hydroxylation sites is 1. The smallest absolute Gasteiger partial charge is 0.243 e. The van der Waals surface area contributed by atoms with Crippen molar-refractivity contribution in [1.82, 2.24) is 4.90 Å². The summed E-state index contributed by atoms with van der Waals surface area (Å²) in [6, 6.07) is 10.3. The van der Waals surface area contributed by atoms with Crippen molar-refractivity contribution < 1.29 is 9.59 Å². The Hall–Kier alpha value is -2.35. The molecule has 2 aliphatic rings. The highest BCUT2D eigenvalue weighted by atomic mass is 16.2. The van der Waals surface area contributed by atoms with E-state index in [0.717, 1.165) is 30.5 Å². The van der Waals surface area contributed by atoms with Crippen LogP contribution in [0.3, 0.4) is 0 Å². The van der Waals surface area contributed by atoms with Gasteiger partial charge in [0.15, 0.2) is 0 Å². The maximum absolute atomic E-state index is 14.0. The predicted molar refractivity (Wildman–Crippen MR) is 114 cm³/mol. The van der Waals surface area contributed by atoms with Crippen molar-refractivity contribution in [2.24, 2.45) is 10.8 Å². The van der Waals surface area contributed by atoms with Crippen LogP contribution in [0.5, 0.6) is 0 Å². The second kappa shape index (κ2) is 7.48. The van der Waals surface area contributed by atoms with E-state index in [0.29, 0.717) is 19.6 Å². The fourth-order valence-electron chi connectivity index (χ4n) is 5.64. The van der Waals surface area contributed by atoms with Gasteiger partial charge in [-0.1, -0.05) is 45.9 Å². The molecule has 0 radical (unpaired) electrons. The van der Waals surface area contributed by atoms with Gasteiger partial charge in [0.25, 0.3) is 0 Å². The highest BCUT2D eigenvalue weighted by molar-refractivity contribution is 6.17. The number of fused-ring (bicyclic) bond motifs is 3. The van der Waals surface area contributed by atoms with Gasteiger partial charge in [-0.05, 0) is 44.2 Å². The van der Waals surface area contributed by atoms with E-state index in [1.807, 2.05) is 63.8 Å². The van der Waals surface area contributed by atoms with E-state index in [9.17, 15) is 14.9 Å². The third-order valence-corrected chi connectivity index (χ3v) is 7.25. The molecule has 156 valence electrons. The van der Waals surface area contributed by atoms with Crippen LogP contribution in [0.1, 0.15) is 65.9 Å². The van der Waals surface area contributed by atoms with E-state index in [-0.39, 0.29) is 18.2 Å². The van der Waals surface area contributed by atoms with E-state index in [2.05, 4.69) is 6.07 Å². The van der Waals surface area contributed by atoms with Crippen molar-refractivity contribution in [2.45, 2.75) is 65.7 Å². The Morgan fingerprint density at radius 3 is 2.31 bits per heavy atom. The molecule has 29 heavy (non-hydrogen) atoms. The van der Waals surface area contributed by atoms with Crippen LogP contribution in [0.4, 0.5) is 5.69 Å². The van der Waals surface area contributed by atoms with Crippen LogP contribution in [0, 0.1) is 22.2 Å². The van der Waals surface area contributed by atoms with Crippen LogP contribution in [0.25, 0.3) is 0 Å². The lowest BCUT2D eigenvalue weighted by Crippen LogP contribution is -2.78. The zero-order valence-corrected chi connectivity index (χ0v) is 18.4. The standard InChI is InChI=1S/C24H33N3O2/c1-6-13-26(14-7-2)20(28)24-16-22(4,17-25)23(24,5)18-11-9-10-12-19(18)27(15-8-3)21(24)29/h9-12H,6-8,13-16H2,1-5H3/t22-,23-,24+/m0/s1. The minimum atomic E-state index is -1.20. The van der Waals surface area contributed by atoms with Gasteiger partial charge in [0.05, 0.1) is 11.5 Å². The first-order valence-corrected chi connectivity index (χ1v) is 10.9. The summed E-state index contributed by atoms with van der Waals surface area (Å²) in [5.41, 5.74) is -1.01. The zero-order chi connectivity index (χ0) is 21.4. The van der Waals surface area contributed by atoms with Crippen molar-refractivity contribution in [3.8, 4) is 6.07 Å². The molecule has 1 aromatic rings. The summed E-state index contributed by atoms with van der Waals surface area (Å²) >= 11 is 0. The Kier molecular flexibility index (Phi) is 5.51. The van der Waals surface area contributed by atoms with Gasteiger partial charge in [-0.25, -0.2) is 0 Å². The second-order valence-corrected chi connectivity index (χ2v) is 8.92. The number of rotatable bonds is 7. The van der Waals surface area contributed by atoms with Crippen molar-refractivity contribution in [2.75, 3.05) is 24.5 Å². The Labute approximate surface area is 174 Å². The first-order valence-electron chi connectivity index (χ1n) is 10.9. The zero-order valence-electron chi connectivity index (χ0n) is 18.4. The highest BCUT2D eigenvalue weighted by Crippen LogP contribution is 2.72. The number of nitriles is 1. The third kappa shape index (κ3) is 2.57. The predicted octanol–water partition coefficient (Wildman–Crippen LogP) is 4.27. The molecule has 0 N–H and O–H groups in total. The summed E-state index contributed by atoms with van der Waals surface area (Å²) < 4.78 is 0. The van der Waals surface area contributed by atoms with Gasteiger partial charge >= 0.3 is 0 Å². The van der Waals surface area contributed by atoms with Crippen LogP contribution < -0.4 is 4.90 Å². The topological polar surface area (TPSA) is 64.4 Å². The maximum Gasteiger partial charge on any atom is 0.243 e. The average molecular weight is 396 g/mol. The molecule has 0 unspecified atom stereocenters. The van der Waals surface area contributed by atoms with Gasteiger partial charge in [0.2, 0.25) is 11.8 Å². The van der Waals surface area contributed by atoms with Crippen molar-refractivity contribution in [3.63, 3.8) is 0 Å². The quantitative estimate of drug-likeness (QED) is 0.648. The third-order valence-electron chi connectivity index (χ3n) is 7.25. The molecule has 1 aliphatic carbocycles. The number of nitrogens with zero attached hydrogens (tertiary/aromatic N) is 3. The summed E-state index contributed by atoms with van der Waals surface area (Å²) in [6.07, 6.45) is 2.78. The van der Waals surface area contributed by atoms with E-state index < -0.39 is 16.2 Å². The average Bonchev–Trinajstić information content (AvgIpc) is 2.73. The fraction of sp³-hybridized carbons (Fsp3) is 0.625. The molecular weight excluding hydrogens is 362 g/mol.